The molecule has 0 heterocycles. The van der Waals surface area contributed by atoms with Crippen LogP contribution in [0, 0.1) is 11.3 Å². The molecule has 1 aromatic rings. The number of carbonyl (C=O) groups excluding carboxylic acids is 1. The molecule has 0 bridgehead atoms. The Labute approximate surface area is 102 Å². The summed E-state index contributed by atoms with van der Waals surface area (Å²) < 4.78 is 5.21. The number of benzene rings is 1. The van der Waals surface area contributed by atoms with Crippen LogP contribution in [0.1, 0.15) is 38.3 Å². The van der Waals surface area contributed by atoms with Gasteiger partial charge in [0.25, 0.3) is 0 Å². The molecule has 1 rings (SSSR count). The molecule has 0 fully saturated rings. The van der Waals surface area contributed by atoms with E-state index < -0.39 is 5.60 Å². The fourth-order valence-electron chi connectivity index (χ4n) is 1.44. The normalized spacial score (nSPS) is 10.7. The minimum absolute atomic E-state index is 0.208. The number of esters is 1. The number of nitriles is 1. The fraction of sp³-hybridized carbons (Fsp3) is 0.429. The third-order valence-corrected chi connectivity index (χ3v) is 2.09. The van der Waals surface area contributed by atoms with E-state index in [0.717, 1.165) is 5.56 Å². The largest absolute Gasteiger partial charge is 0.460 e. The maximum absolute atomic E-state index is 11.5. The van der Waals surface area contributed by atoms with E-state index in [1.54, 1.807) is 12.1 Å². The number of ether oxygens (including phenoxy) is 1. The Hall–Kier alpha value is -1.82. The zero-order chi connectivity index (χ0) is 12.9. The Morgan fingerprint density at radius 3 is 2.71 bits per heavy atom. The Balaban J connectivity index is 2.51. The third-order valence-electron chi connectivity index (χ3n) is 2.09. The first kappa shape index (κ1) is 13.2. The van der Waals surface area contributed by atoms with Crippen molar-refractivity contribution in [3.8, 4) is 6.07 Å². The molecule has 0 aromatic heterocycles. The van der Waals surface area contributed by atoms with Crippen LogP contribution in [-0.2, 0) is 16.0 Å². The summed E-state index contributed by atoms with van der Waals surface area (Å²) in [5, 5.41) is 8.75. The number of rotatable bonds is 3. The number of carbonyl (C=O) groups is 1. The molecule has 3 nitrogen and oxygen atoms in total. The smallest absolute Gasteiger partial charge is 0.306 e. The minimum atomic E-state index is -0.439. The average molecular weight is 231 g/mol. The number of hydrogen-bond donors (Lipinski definition) is 0. The lowest BCUT2D eigenvalue weighted by Crippen LogP contribution is -2.24. The van der Waals surface area contributed by atoms with Crippen LogP contribution >= 0.6 is 0 Å². The van der Waals surface area contributed by atoms with Crippen LogP contribution in [-0.4, -0.2) is 11.6 Å². The molecule has 3 heteroatoms. The van der Waals surface area contributed by atoms with E-state index in [0.29, 0.717) is 18.4 Å². The number of hydrogen-bond acceptors (Lipinski definition) is 3. The highest BCUT2D eigenvalue weighted by molar-refractivity contribution is 5.70. The van der Waals surface area contributed by atoms with E-state index in [1.165, 1.54) is 0 Å². The van der Waals surface area contributed by atoms with Crippen LogP contribution in [0.15, 0.2) is 24.3 Å². The van der Waals surface area contributed by atoms with Gasteiger partial charge in [0.15, 0.2) is 0 Å². The van der Waals surface area contributed by atoms with Gasteiger partial charge in [0, 0.05) is 6.42 Å². The third kappa shape index (κ3) is 5.17. The maximum Gasteiger partial charge on any atom is 0.306 e. The molecule has 90 valence electrons. The SMILES string of the molecule is CC(C)(C)OC(=O)CCc1cccc(C#N)c1. The molecule has 0 radical (unpaired) electrons. The standard InChI is InChI=1S/C14H17NO2/c1-14(2,3)17-13(16)8-7-11-5-4-6-12(9-11)10-15/h4-6,9H,7-8H2,1-3H3. The molecule has 0 saturated carbocycles. The molecular weight excluding hydrogens is 214 g/mol. The van der Waals surface area contributed by atoms with E-state index in [4.69, 9.17) is 10.00 Å². The van der Waals surface area contributed by atoms with Gasteiger partial charge in [-0.3, -0.25) is 4.79 Å². The Kier molecular flexibility index (Phi) is 4.28. The molecule has 0 unspecified atom stereocenters. The lowest BCUT2D eigenvalue weighted by molar-refractivity contribution is -0.154. The zero-order valence-corrected chi connectivity index (χ0v) is 10.5. The summed E-state index contributed by atoms with van der Waals surface area (Å²) in [7, 11) is 0. The molecule has 0 aliphatic heterocycles. The Morgan fingerprint density at radius 2 is 2.12 bits per heavy atom. The van der Waals surface area contributed by atoms with Crippen LogP contribution in [0.4, 0.5) is 0 Å². The van der Waals surface area contributed by atoms with Gasteiger partial charge in [-0.25, -0.2) is 0 Å². The molecule has 0 aliphatic rings. The fourth-order valence-corrected chi connectivity index (χ4v) is 1.44. The van der Waals surface area contributed by atoms with Crippen molar-refractivity contribution in [2.45, 2.75) is 39.2 Å². The van der Waals surface area contributed by atoms with Gasteiger partial charge in [-0.05, 0) is 44.9 Å². The van der Waals surface area contributed by atoms with Gasteiger partial charge in [0.05, 0.1) is 11.6 Å². The lowest BCUT2D eigenvalue weighted by atomic mass is 10.1. The van der Waals surface area contributed by atoms with Gasteiger partial charge >= 0.3 is 5.97 Å². The van der Waals surface area contributed by atoms with Gasteiger partial charge in [0.1, 0.15) is 5.60 Å². The van der Waals surface area contributed by atoms with Gasteiger partial charge in [-0.1, -0.05) is 12.1 Å². The first-order valence-electron chi connectivity index (χ1n) is 5.61. The van der Waals surface area contributed by atoms with Crippen molar-refractivity contribution in [1.82, 2.24) is 0 Å². The number of nitrogens with zero attached hydrogens (tertiary/aromatic N) is 1. The van der Waals surface area contributed by atoms with Gasteiger partial charge in [-0.2, -0.15) is 5.26 Å². The predicted molar refractivity (Wildman–Crippen MR) is 65.3 cm³/mol. The average Bonchev–Trinajstić information content (AvgIpc) is 2.24. The molecule has 0 aliphatic carbocycles. The van der Waals surface area contributed by atoms with Crippen LogP contribution < -0.4 is 0 Å². The molecule has 0 N–H and O–H groups in total. The second-order valence-corrected chi connectivity index (χ2v) is 4.90. The molecule has 0 amide bonds. The predicted octanol–water partition coefficient (Wildman–Crippen LogP) is 2.83. The van der Waals surface area contributed by atoms with Crippen molar-refractivity contribution in [3.63, 3.8) is 0 Å². The van der Waals surface area contributed by atoms with E-state index in [2.05, 4.69) is 6.07 Å². The molecule has 0 saturated heterocycles. The van der Waals surface area contributed by atoms with Gasteiger partial charge in [-0.15, -0.1) is 0 Å². The van der Waals surface area contributed by atoms with E-state index in [-0.39, 0.29) is 5.97 Å². The van der Waals surface area contributed by atoms with Crippen molar-refractivity contribution in [1.29, 1.82) is 5.26 Å². The zero-order valence-electron chi connectivity index (χ0n) is 10.5. The topological polar surface area (TPSA) is 50.1 Å². The molecule has 1 aromatic carbocycles. The van der Waals surface area contributed by atoms with Crippen LogP contribution in [0.25, 0.3) is 0 Å². The van der Waals surface area contributed by atoms with Crippen molar-refractivity contribution >= 4 is 5.97 Å². The molecule has 0 atom stereocenters. The van der Waals surface area contributed by atoms with Gasteiger partial charge < -0.3 is 4.74 Å². The second-order valence-electron chi connectivity index (χ2n) is 4.90. The van der Waals surface area contributed by atoms with Crippen molar-refractivity contribution in [2.24, 2.45) is 0 Å². The van der Waals surface area contributed by atoms with Gasteiger partial charge in [0.2, 0.25) is 0 Å². The first-order valence-corrected chi connectivity index (χ1v) is 5.61. The second kappa shape index (κ2) is 5.49. The minimum Gasteiger partial charge on any atom is -0.460 e. The lowest BCUT2D eigenvalue weighted by Gasteiger charge is -2.19. The number of aryl methyl sites for hydroxylation is 1. The Bertz CT molecular complexity index is 438. The summed E-state index contributed by atoms with van der Waals surface area (Å²) in [5.74, 6) is -0.208. The first-order chi connectivity index (χ1) is 7.90. The van der Waals surface area contributed by atoms with E-state index in [9.17, 15) is 4.79 Å². The summed E-state index contributed by atoms with van der Waals surface area (Å²) in [6, 6.07) is 9.35. The highest BCUT2D eigenvalue weighted by Crippen LogP contribution is 2.11. The molecular formula is C14H17NO2. The maximum atomic E-state index is 11.5. The summed E-state index contributed by atoms with van der Waals surface area (Å²) in [6.45, 7) is 5.55. The molecule has 0 spiro atoms. The highest BCUT2D eigenvalue weighted by Gasteiger charge is 2.15. The van der Waals surface area contributed by atoms with Crippen LogP contribution in [0.2, 0.25) is 0 Å². The van der Waals surface area contributed by atoms with E-state index >= 15 is 0 Å². The van der Waals surface area contributed by atoms with Crippen LogP contribution in [0.5, 0.6) is 0 Å². The highest BCUT2D eigenvalue weighted by atomic mass is 16.6. The van der Waals surface area contributed by atoms with Crippen molar-refractivity contribution < 1.29 is 9.53 Å². The van der Waals surface area contributed by atoms with Crippen LogP contribution in [0.3, 0.4) is 0 Å². The van der Waals surface area contributed by atoms with Crippen molar-refractivity contribution in [2.75, 3.05) is 0 Å². The van der Waals surface area contributed by atoms with Crippen molar-refractivity contribution in [3.05, 3.63) is 35.4 Å². The summed E-state index contributed by atoms with van der Waals surface area (Å²) >= 11 is 0. The summed E-state index contributed by atoms with van der Waals surface area (Å²) in [5.41, 5.74) is 1.16. The summed E-state index contributed by atoms with van der Waals surface area (Å²) in [4.78, 5) is 11.5. The quantitative estimate of drug-likeness (QED) is 0.751. The van der Waals surface area contributed by atoms with E-state index in [1.807, 2.05) is 32.9 Å². The monoisotopic (exact) mass is 231 g/mol. The Morgan fingerprint density at radius 1 is 1.41 bits per heavy atom. The summed E-state index contributed by atoms with van der Waals surface area (Å²) in [6.07, 6.45) is 0.941. The molecule has 17 heavy (non-hydrogen) atoms.